The van der Waals surface area contributed by atoms with E-state index in [1.54, 1.807) is 0 Å². The molecule has 1 aliphatic heterocycles. The van der Waals surface area contributed by atoms with E-state index in [4.69, 9.17) is 4.74 Å². The fourth-order valence-corrected chi connectivity index (χ4v) is 2.20. The zero-order chi connectivity index (χ0) is 13.5. The molecule has 0 saturated carbocycles. The number of carbonyl (C=O) groups excluding carboxylic acids is 1. The van der Waals surface area contributed by atoms with E-state index in [0.717, 1.165) is 31.6 Å². The summed E-state index contributed by atoms with van der Waals surface area (Å²) in [5, 5.41) is 6.15. The zero-order valence-corrected chi connectivity index (χ0v) is 11.4. The summed E-state index contributed by atoms with van der Waals surface area (Å²) >= 11 is 0. The van der Waals surface area contributed by atoms with Crippen molar-refractivity contribution in [2.24, 2.45) is 5.92 Å². The Hall–Kier alpha value is -1.39. The highest BCUT2D eigenvalue weighted by Crippen LogP contribution is 2.12. The second kappa shape index (κ2) is 7.26. The van der Waals surface area contributed by atoms with Crippen LogP contribution in [0.5, 0.6) is 0 Å². The third kappa shape index (κ3) is 5.01. The number of benzene rings is 1. The standard InChI is InChI=1S/C15H22N2O2/c1-12-2-4-14(5-3-12)17-15(18)11-19-10-13-6-8-16-9-7-13/h2-5,13,16H,6-11H2,1H3,(H,17,18). The normalized spacial score (nSPS) is 16.3. The second-order valence-corrected chi connectivity index (χ2v) is 5.12. The Labute approximate surface area is 114 Å². The molecule has 1 aliphatic rings. The van der Waals surface area contributed by atoms with Gasteiger partial charge in [-0.05, 0) is 50.9 Å². The second-order valence-electron chi connectivity index (χ2n) is 5.12. The lowest BCUT2D eigenvalue weighted by Gasteiger charge is -2.22. The summed E-state index contributed by atoms with van der Waals surface area (Å²) in [6, 6.07) is 7.76. The Morgan fingerprint density at radius 3 is 2.68 bits per heavy atom. The summed E-state index contributed by atoms with van der Waals surface area (Å²) in [6.07, 6.45) is 2.28. The van der Waals surface area contributed by atoms with Crippen molar-refractivity contribution in [2.75, 3.05) is 31.6 Å². The minimum Gasteiger partial charge on any atom is -0.371 e. The van der Waals surface area contributed by atoms with Crippen LogP contribution in [0.3, 0.4) is 0 Å². The Balaban J connectivity index is 1.65. The van der Waals surface area contributed by atoms with Gasteiger partial charge in [0.2, 0.25) is 5.91 Å². The predicted octanol–water partition coefficient (Wildman–Crippen LogP) is 1.95. The topological polar surface area (TPSA) is 50.4 Å². The third-order valence-electron chi connectivity index (χ3n) is 3.38. The molecule has 0 spiro atoms. The maximum atomic E-state index is 11.7. The molecule has 2 N–H and O–H groups in total. The number of hydrogen-bond donors (Lipinski definition) is 2. The Morgan fingerprint density at radius 2 is 2.00 bits per heavy atom. The number of ether oxygens (including phenoxy) is 1. The highest BCUT2D eigenvalue weighted by Gasteiger charge is 2.13. The van der Waals surface area contributed by atoms with E-state index in [2.05, 4.69) is 10.6 Å². The predicted molar refractivity (Wildman–Crippen MR) is 76.2 cm³/mol. The van der Waals surface area contributed by atoms with Gasteiger partial charge in [-0.3, -0.25) is 4.79 Å². The van der Waals surface area contributed by atoms with E-state index in [-0.39, 0.29) is 12.5 Å². The van der Waals surface area contributed by atoms with Crippen LogP contribution in [0.25, 0.3) is 0 Å². The molecular formula is C15H22N2O2. The van der Waals surface area contributed by atoms with Gasteiger partial charge in [-0.25, -0.2) is 0 Å². The number of rotatable bonds is 5. The van der Waals surface area contributed by atoms with E-state index >= 15 is 0 Å². The summed E-state index contributed by atoms with van der Waals surface area (Å²) in [6.45, 7) is 4.96. The molecule has 1 saturated heterocycles. The Morgan fingerprint density at radius 1 is 1.32 bits per heavy atom. The molecule has 2 rings (SSSR count). The van der Waals surface area contributed by atoms with Gasteiger partial charge in [0.25, 0.3) is 0 Å². The first-order valence-corrected chi connectivity index (χ1v) is 6.89. The molecule has 19 heavy (non-hydrogen) atoms. The molecule has 0 unspecified atom stereocenters. The van der Waals surface area contributed by atoms with Crippen molar-refractivity contribution in [1.29, 1.82) is 0 Å². The van der Waals surface area contributed by atoms with Gasteiger partial charge in [-0.2, -0.15) is 0 Å². The number of aryl methyl sites for hydroxylation is 1. The van der Waals surface area contributed by atoms with Crippen molar-refractivity contribution in [1.82, 2.24) is 5.32 Å². The smallest absolute Gasteiger partial charge is 0.250 e. The summed E-state index contributed by atoms with van der Waals surface area (Å²) in [7, 11) is 0. The fraction of sp³-hybridized carbons (Fsp3) is 0.533. The van der Waals surface area contributed by atoms with Gasteiger partial charge in [-0.15, -0.1) is 0 Å². The molecule has 0 radical (unpaired) electrons. The average molecular weight is 262 g/mol. The van der Waals surface area contributed by atoms with Crippen LogP contribution in [0.1, 0.15) is 18.4 Å². The first-order chi connectivity index (χ1) is 9.24. The summed E-state index contributed by atoms with van der Waals surface area (Å²) in [5.41, 5.74) is 2.00. The van der Waals surface area contributed by atoms with E-state index in [1.807, 2.05) is 31.2 Å². The van der Waals surface area contributed by atoms with E-state index in [1.165, 1.54) is 5.56 Å². The van der Waals surface area contributed by atoms with Gasteiger partial charge in [0, 0.05) is 5.69 Å². The number of carbonyl (C=O) groups is 1. The molecule has 4 heteroatoms. The summed E-state index contributed by atoms with van der Waals surface area (Å²) in [5.74, 6) is 0.506. The fourth-order valence-electron chi connectivity index (χ4n) is 2.20. The number of hydrogen-bond acceptors (Lipinski definition) is 3. The largest absolute Gasteiger partial charge is 0.371 e. The van der Waals surface area contributed by atoms with E-state index < -0.39 is 0 Å². The first-order valence-electron chi connectivity index (χ1n) is 6.89. The first kappa shape index (κ1) is 14.0. The third-order valence-corrected chi connectivity index (χ3v) is 3.38. The Kier molecular flexibility index (Phi) is 5.36. The SMILES string of the molecule is Cc1ccc(NC(=O)COCC2CCNCC2)cc1. The average Bonchev–Trinajstić information content (AvgIpc) is 2.43. The lowest BCUT2D eigenvalue weighted by atomic mass is 9.99. The molecule has 1 aromatic carbocycles. The van der Waals surface area contributed by atoms with Gasteiger partial charge in [0.15, 0.2) is 0 Å². The van der Waals surface area contributed by atoms with Crippen LogP contribution in [0.4, 0.5) is 5.69 Å². The van der Waals surface area contributed by atoms with Crippen LogP contribution in [0.15, 0.2) is 24.3 Å². The maximum absolute atomic E-state index is 11.7. The molecule has 0 bridgehead atoms. The van der Waals surface area contributed by atoms with Crippen LogP contribution in [0.2, 0.25) is 0 Å². The molecular weight excluding hydrogens is 240 g/mol. The van der Waals surface area contributed by atoms with Crippen LogP contribution in [-0.4, -0.2) is 32.2 Å². The lowest BCUT2D eigenvalue weighted by Crippen LogP contribution is -2.30. The summed E-state index contributed by atoms with van der Waals surface area (Å²) < 4.78 is 5.49. The number of piperidine rings is 1. The lowest BCUT2D eigenvalue weighted by molar-refractivity contribution is -0.121. The van der Waals surface area contributed by atoms with Crippen LogP contribution in [0, 0.1) is 12.8 Å². The molecule has 0 aromatic heterocycles. The monoisotopic (exact) mass is 262 g/mol. The molecule has 1 heterocycles. The van der Waals surface area contributed by atoms with Crippen molar-refractivity contribution in [3.05, 3.63) is 29.8 Å². The molecule has 0 atom stereocenters. The van der Waals surface area contributed by atoms with Crippen LogP contribution in [-0.2, 0) is 9.53 Å². The molecule has 1 aromatic rings. The van der Waals surface area contributed by atoms with E-state index in [0.29, 0.717) is 12.5 Å². The number of nitrogens with one attached hydrogen (secondary N) is 2. The zero-order valence-electron chi connectivity index (χ0n) is 11.4. The summed E-state index contributed by atoms with van der Waals surface area (Å²) in [4.78, 5) is 11.7. The minimum absolute atomic E-state index is 0.0854. The van der Waals surface area contributed by atoms with Crippen molar-refractivity contribution >= 4 is 11.6 Å². The number of amides is 1. The van der Waals surface area contributed by atoms with Crippen molar-refractivity contribution in [2.45, 2.75) is 19.8 Å². The molecule has 1 amide bonds. The maximum Gasteiger partial charge on any atom is 0.250 e. The Bertz CT molecular complexity index is 397. The van der Waals surface area contributed by atoms with Gasteiger partial charge in [0.1, 0.15) is 6.61 Å². The van der Waals surface area contributed by atoms with Gasteiger partial charge in [-0.1, -0.05) is 17.7 Å². The van der Waals surface area contributed by atoms with Crippen LogP contribution >= 0.6 is 0 Å². The number of anilines is 1. The highest BCUT2D eigenvalue weighted by molar-refractivity contribution is 5.91. The molecule has 4 nitrogen and oxygen atoms in total. The highest BCUT2D eigenvalue weighted by atomic mass is 16.5. The van der Waals surface area contributed by atoms with Crippen molar-refractivity contribution in [3.63, 3.8) is 0 Å². The van der Waals surface area contributed by atoms with Crippen LogP contribution < -0.4 is 10.6 Å². The van der Waals surface area contributed by atoms with E-state index in [9.17, 15) is 4.79 Å². The van der Waals surface area contributed by atoms with Crippen molar-refractivity contribution in [3.8, 4) is 0 Å². The van der Waals surface area contributed by atoms with Gasteiger partial charge >= 0.3 is 0 Å². The van der Waals surface area contributed by atoms with Gasteiger partial charge < -0.3 is 15.4 Å². The quantitative estimate of drug-likeness (QED) is 0.852. The van der Waals surface area contributed by atoms with Crippen molar-refractivity contribution < 1.29 is 9.53 Å². The molecule has 0 aliphatic carbocycles. The molecule has 1 fully saturated rings. The minimum atomic E-state index is -0.0854. The van der Waals surface area contributed by atoms with Gasteiger partial charge in [0.05, 0.1) is 6.61 Å². The molecule has 104 valence electrons.